The molecule has 1 aromatic heterocycles. The summed E-state index contributed by atoms with van der Waals surface area (Å²) >= 11 is 1.50. The summed E-state index contributed by atoms with van der Waals surface area (Å²) in [4.78, 5) is 4.19. The van der Waals surface area contributed by atoms with Crippen molar-refractivity contribution in [3.05, 3.63) is 167 Å². The fraction of sp³-hybridized carbons (Fsp3) is 0.0476. The van der Waals surface area contributed by atoms with Crippen LogP contribution < -0.4 is 4.90 Å². The molecule has 0 saturated heterocycles. The fourth-order valence-corrected chi connectivity index (χ4v) is 6.77. The summed E-state index contributed by atoms with van der Waals surface area (Å²) in [5.74, 6) is -0.718. The standard InChI is InChI=1S/C42H29N3S/c43-27-38(28-44)42-22-21-41(46-42)37-20-19-35-24-31(14-17-36(35)26-37)12-11-30-13-16-34-25-32(15-18-33(34)23-30)29-45(39-7-3-1-4-8-39)40-9-5-2-6-10-40/h1-26,38H,29H2/b12-11+. The highest BCUT2D eigenvalue weighted by Crippen LogP contribution is 2.34. The zero-order valence-corrected chi connectivity index (χ0v) is 25.9. The van der Waals surface area contributed by atoms with Gasteiger partial charge in [0.2, 0.25) is 0 Å². The minimum Gasteiger partial charge on any atom is -0.337 e. The van der Waals surface area contributed by atoms with Crippen LogP contribution in [0.25, 0.3) is 44.1 Å². The molecule has 0 saturated carbocycles. The molecule has 0 N–H and O–H groups in total. The molecule has 0 aliphatic rings. The number of benzene rings is 6. The first-order chi connectivity index (χ1) is 22.7. The highest BCUT2D eigenvalue weighted by molar-refractivity contribution is 7.15. The van der Waals surface area contributed by atoms with Gasteiger partial charge >= 0.3 is 0 Å². The predicted molar refractivity (Wildman–Crippen MR) is 193 cm³/mol. The second-order valence-electron chi connectivity index (χ2n) is 11.2. The molecule has 46 heavy (non-hydrogen) atoms. The molecule has 7 aromatic rings. The number of thiophene rings is 1. The van der Waals surface area contributed by atoms with Crippen LogP contribution >= 0.6 is 11.3 Å². The summed E-state index contributed by atoms with van der Waals surface area (Å²) in [6, 6.07) is 55.4. The summed E-state index contributed by atoms with van der Waals surface area (Å²) in [7, 11) is 0. The van der Waals surface area contributed by atoms with Crippen molar-refractivity contribution in [3.63, 3.8) is 0 Å². The zero-order chi connectivity index (χ0) is 31.3. The van der Waals surface area contributed by atoms with Crippen LogP contribution in [0.3, 0.4) is 0 Å². The number of fused-ring (bicyclic) bond motifs is 2. The Labute approximate surface area is 273 Å². The van der Waals surface area contributed by atoms with Crippen molar-refractivity contribution >= 4 is 56.4 Å². The fourth-order valence-electron chi connectivity index (χ4n) is 5.78. The number of nitrogens with zero attached hydrogens (tertiary/aromatic N) is 3. The summed E-state index contributed by atoms with van der Waals surface area (Å²) < 4.78 is 0. The van der Waals surface area contributed by atoms with Crippen LogP contribution in [0, 0.1) is 22.7 Å². The van der Waals surface area contributed by atoms with Crippen molar-refractivity contribution in [2.45, 2.75) is 12.5 Å². The Bertz CT molecular complexity index is 2220. The molecule has 0 aliphatic carbocycles. The molecule has 0 bridgehead atoms. The van der Waals surface area contributed by atoms with E-state index in [1.165, 1.54) is 44.4 Å². The molecule has 7 rings (SSSR count). The van der Waals surface area contributed by atoms with Crippen molar-refractivity contribution in [1.82, 2.24) is 0 Å². The Morgan fingerprint density at radius 3 is 1.72 bits per heavy atom. The maximum absolute atomic E-state index is 9.22. The Hall–Kier alpha value is -5.94. The summed E-state index contributed by atoms with van der Waals surface area (Å²) in [6.07, 6.45) is 4.33. The number of para-hydroxylation sites is 2. The summed E-state index contributed by atoms with van der Waals surface area (Å²) in [5.41, 5.74) is 7.00. The summed E-state index contributed by atoms with van der Waals surface area (Å²) in [6.45, 7) is 0.784. The molecule has 3 nitrogen and oxygen atoms in total. The van der Waals surface area contributed by atoms with Gasteiger partial charge in [0.15, 0.2) is 5.92 Å². The van der Waals surface area contributed by atoms with E-state index in [1.54, 1.807) is 0 Å². The second kappa shape index (κ2) is 13.0. The van der Waals surface area contributed by atoms with Gasteiger partial charge in [0.1, 0.15) is 0 Å². The van der Waals surface area contributed by atoms with Crippen LogP contribution in [0.5, 0.6) is 0 Å². The molecule has 0 fully saturated rings. The van der Waals surface area contributed by atoms with Crippen molar-refractivity contribution < 1.29 is 0 Å². The number of hydrogen-bond donors (Lipinski definition) is 0. The largest absolute Gasteiger partial charge is 0.337 e. The van der Waals surface area contributed by atoms with E-state index in [9.17, 15) is 10.5 Å². The van der Waals surface area contributed by atoms with E-state index in [2.05, 4.69) is 163 Å². The van der Waals surface area contributed by atoms with Crippen LogP contribution in [0.2, 0.25) is 0 Å². The first-order valence-electron chi connectivity index (χ1n) is 15.2. The van der Waals surface area contributed by atoms with Gasteiger partial charge in [0.05, 0.1) is 12.1 Å². The van der Waals surface area contributed by atoms with E-state index in [0.29, 0.717) is 0 Å². The average Bonchev–Trinajstić information content (AvgIpc) is 3.61. The monoisotopic (exact) mass is 607 g/mol. The molecule has 0 spiro atoms. The Morgan fingerprint density at radius 1 is 0.565 bits per heavy atom. The van der Waals surface area contributed by atoms with Crippen molar-refractivity contribution in [2.75, 3.05) is 4.90 Å². The third kappa shape index (κ3) is 6.17. The Kier molecular flexibility index (Phi) is 8.12. The van der Waals surface area contributed by atoms with Gasteiger partial charge in [-0.05, 0) is 104 Å². The molecular weight excluding hydrogens is 579 g/mol. The number of hydrogen-bond acceptors (Lipinski definition) is 4. The van der Waals surface area contributed by atoms with E-state index in [0.717, 1.165) is 38.4 Å². The Balaban J connectivity index is 1.08. The van der Waals surface area contributed by atoms with Gasteiger partial charge in [-0.3, -0.25) is 0 Å². The lowest BCUT2D eigenvalue weighted by Crippen LogP contribution is -2.16. The van der Waals surface area contributed by atoms with E-state index in [-0.39, 0.29) is 0 Å². The van der Waals surface area contributed by atoms with Gasteiger partial charge in [-0.15, -0.1) is 11.3 Å². The predicted octanol–water partition coefficient (Wildman–Crippen LogP) is 11.4. The van der Waals surface area contributed by atoms with Crippen molar-refractivity contribution in [3.8, 4) is 22.6 Å². The van der Waals surface area contributed by atoms with E-state index >= 15 is 0 Å². The molecule has 4 heteroatoms. The lowest BCUT2D eigenvalue weighted by atomic mass is 10.0. The van der Waals surface area contributed by atoms with E-state index in [1.807, 2.05) is 12.1 Å². The normalized spacial score (nSPS) is 11.2. The molecule has 0 unspecified atom stereocenters. The highest BCUT2D eigenvalue weighted by atomic mass is 32.1. The molecular formula is C42H29N3S. The molecule has 1 heterocycles. The van der Waals surface area contributed by atoms with Crippen molar-refractivity contribution in [2.24, 2.45) is 0 Å². The highest BCUT2D eigenvalue weighted by Gasteiger charge is 2.13. The van der Waals surface area contributed by atoms with Crippen LogP contribution in [0.1, 0.15) is 27.5 Å². The van der Waals surface area contributed by atoms with Gasteiger partial charge in [-0.2, -0.15) is 10.5 Å². The maximum atomic E-state index is 9.22. The molecule has 218 valence electrons. The second-order valence-corrected chi connectivity index (χ2v) is 12.4. The number of rotatable bonds is 8. The minimum absolute atomic E-state index is 0.718. The lowest BCUT2D eigenvalue weighted by Gasteiger charge is -2.25. The van der Waals surface area contributed by atoms with Gasteiger partial charge in [0.25, 0.3) is 0 Å². The van der Waals surface area contributed by atoms with Gasteiger partial charge in [-0.25, -0.2) is 0 Å². The van der Waals surface area contributed by atoms with Crippen LogP contribution in [-0.2, 0) is 6.54 Å². The van der Waals surface area contributed by atoms with E-state index < -0.39 is 5.92 Å². The lowest BCUT2D eigenvalue weighted by molar-refractivity contribution is 0.978. The molecule has 6 aromatic carbocycles. The first-order valence-corrected chi connectivity index (χ1v) is 16.0. The zero-order valence-electron chi connectivity index (χ0n) is 25.0. The molecule has 0 amide bonds. The SMILES string of the molecule is N#CC(C#N)c1ccc(-c2ccc3cc(/C=C/c4ccc5cc(CN(c6ccccc6)c6ccccc6)ccc5c4)ccc3c2)s1. The molecule has 0 atom stereocenters. The molecule has 0 radical (unpaired) electrons. The first kappa shape index (κ1) is 28.8. The van der Waals surface area contributed by atoms with E-state index in [4.69, 9.17) is 0 Å². The topological polar surface area (TPSA) is 50.8 Å². The Morgan fingerprint density at radius 2 is 1.11 bits per heavy atom. The smallest absolute Gasteiger partial charge is 0.167 e. The van der Waals surface area contributed by atoms with Crippen LogP contribution in [-0.4, -0.2) is 0 Å². The minimum atomic E-state index is -0.718. The number of anilines is 2. The van der Waals surface area contributed by atoms with Gasteiger partial charge in [-0.1, -0.05) is 97.1 Å². The molecule has 0 aliphatic heterocycles. The van der Waals surface area contributed by atoms with Crippen molar-refractivity contribution in [1.29, 1.82) is 10.5 Å². The third-order valence-corrected chi connectivity index (χ3v) is 9.39. The third-order valence-electron chi connectivity index (χ3n) is 8.19. The summed E-state index contributed by atoms with van der Waals surface area (Å²) in [5, 5.41) is 23.2. The van der Waals surface area contributed by atoms with Crippen LogP contribution in [0.15, 0.2) is 146 Å². The quantitative estimate of drug-likeness (QED) is 0.162. The average molecular weight is 608 g/mol. The maximum Gasteiger partial charge on any atom is 0.167 e. The van der Waals surface area contributed by atoms with Gasteiger partial charge in [0, 0.05) is 27.7 Å². The number of nitriles is 2. The van der Waals surface area contributed by atoms with Gasteiger partial charge < -0.3 is 4.90 Å². The van der Waals surface area contributed by atoms with Crippen LogP contribution in [0.4, 0.5) is 11.4 Å².